The Labute approximate surface area is 113 Å². The molecule has 0 saturated heterocycles. The summed E-state index contributed by atoms with van der Waals surface area (Å²) in [6, 6.07) is 12.4. The zero-order chi connectivity index (χ0) is 13.8. The minimum atomic E-state index is 0.659. The van der Waals surface area contributed by atoms with Gasteiger partial charge in [0.25, 0.3) is 0 Å². The molecule has 1 heterocycles. The molecule has 0 atom stereocenters. The third-order valence-electron chi connectivity index (χ3n) is 3.19. The zero-order valence-electron chi connectivity index (χ0n) is 11.3. The summed E-state index contributed by atoms with van der Waals surface area (Å²) in [7, 11) is 0. The number of aromatic nitrogens is 1. The van der Waals surface area contributed by atoms with Gasteiger partial charge in [-0.2, -0.15) is 5.26 Å². The molecule has 0 saturated carbocycles. The van der Waals surface area contributed by atoms with Crippen LogP contribution in [0.3, 0.4) is 0 Å². The van der Waals surface area contributed by atoms with Crippen molar-refractivity contribution >= 4 is 0 Å². The highest BCUT2D eigenvalue weighted by molar-refractivity contribution is 5.62. The normalized spacial score (nSPS) is 10.2. The first-order valence-electron chi connectivity index (χ1n) is 6.33. The molecule has 3 nitrogen and oxygen atoms in total. The van der Waals surface area contributed by atoms with Gasteiger partial charge in [0.1, 0.15) is 6.07 Å². The summed E-state index contributed by atoms with van der Waals surface area (Å²) < 4.78 is 0. The van der Waals surface area contributed by atoms with E-state index >= 15 is 0 Å². The second kappa shape index (κ2) is 5.64. The number of pyridine rings is 1. The van der Waals surface area contributed by atoms with Crippen LogP contribution in [0.1, 0.15) is 22.4 Å². The molecule has 1 aromatic heterocycles. The minimum absolute atomic E-state index is 0.659. The van der Waals surface area contributed by atoms with Gasteiger partial charge in [-0.05, 0) is 44.0 Å². The fraction of sp³-hybridized carbons (Fsp3) is 0.250. The molecule has 3 heteroatoms. The number of hydrogen-bond donors (Lipinski definition) is 1. The first-order chi connectivity index (χ1) is 9.15. The van der Waals surface area contributed by atoms with Gasteiger partial charge in [0.15, 0.2) is 0 Å². The molecule has 0 fully saturated rings. The predicted octanol–water partition coefficient (Wildman–Crippen LogP) is 2.74. The topological polar surface area (TPSA) is 62.7 Å². The van der Waals surface area contributed by atoms with Crippen LogP contribution in [-0.4, -0.2) is 11.5 Å². The van der Waals surface area contributed by atoms with Crippen molar-refractivity contribution in [3.63, 3.8) is 0 Å². The van der Waals surface area contributed by atoms with Crippen LogP contribution < -0.4 is 5.73 Å². The number of hydrogen-bond acceptors (Lipinski definition) is 3. The SMILES string of the molecule is Cc1cc(-c2ccc(CCN)cc2)nc(C)c1C#N. The number of aryl methyl sites for hydroxylation is 2. The van der Waals surface area contributed by atoms with Crippen LogP contribution in [0, 0.1) is 25.2 Å². The maximum absolute atomic E-state index is 9.05. The largest absolute Gasteiger partial charge is 0.330 e. The van der Waals surface area contributed by atoms with E-state index in [0.717, 1.165) is 28.9 Å². The highest BCUT2D eigenvalue weighted by atomic mass is 14.7. The minimum Gasteiger partial charge on any atom is -0.330 e. The fourth-order valence-electron chi connectivity index (χ4n) is 2.16. The third-order valence-corrected chi connectivity index (χ3v) is 3.19. The van der Waals surface area contributed by atoms with Crippen LogP contribution in [0.25, 0.3) is 11.3 Å². The lowest BCUT2D eigenvalue weighted by atomic mass is 10.0. The summed E-state index contributed by atoms with van der Waals surface area (Å²) in [5, 5.41) is 9.05. The van der Waals surface area contributed by atoms with Crippen LogP contribution in [0.15, 0.2) is 30.3 Å². The molecule has 0 spiro atoms. The van der Waals surface area contributed by atoms with E-state index in [1.54, 1.807) is 0 Å². The van der Waals surface area contributed by atoms with Crippen molar-refractivity contribution in [3.8, 4) is 17.3 Å². The molecule has 0 unspecified atom stereocenters. The van der Waals surface area contributed by atoms with Crippen LogP contribution in [0.5, 0.6) is 0 Å². The van der Waals surface area contributed by atoms with Crippen LogP contribution in [0.2, 0.25) is 0 Å². The number of nitrogens with zero attached hydrogens (tertiary/aromatic N) is 2. The standard InChI is InChI=1S/C16H17N3/c1-11-9-16(19-12(2)15(11)10-18)14-5-3-13(4-6-14)7-8-17/h3-6,9H,7-8,17H2,1-2H3. The Hall–Kier alpha value is -2.18. The van der Waals surface area contributed by atoms with E-state index in [1.807, 2.05) is 19.9 Å². The molecule has 0 bridgehead atoms. The summed E-state index contributed by atoms with van der Waals surface area (Å²) >= 11 is 0. The summed E-state index contributed by atoms with van der Waals surface area (Å²) in [6.45, 7) is 4.48. The van der Waals surface area contributed by atoms with Crippen LogP contribution >= 0.6 is 0 Å². The van der Waals surface area contributed by atoms with Crippen LogP contribution in [0.4, 0.5) is 0 Å². The highest BCUT2D eigenvalue weighted by Gasteiger charge is 2.07. The fourth-order valence-corrected chi connectivity index (χ4v) is 2.16. The maximum Gasteiger partial charge on any atom is 0.101 e. The summed E-state index contributed by atoms with van der Waals surface area (Å²) in [4.78, 5) is 4.50. The molecular formula is C16H17N3. The Kier molecular flexibility index (Phi) is 3.94. The van der Waals surface area contributed by atoms with E-state index in [2.05, 4.69) is 35.3 Å². The first kappa shape index (κ1) is 13.3. The van der Waals surface area contributed by atoms with E-state index in [4.69, 9.17) is 11.0 Å². The lowest BCUT2D eigenvalue weighted by Gasteiger charge is -2.07. The van der Waals surface area contributed by atoms with Gasteiger partial charge in [-0.15, -0.1) is 0 Å². The van der Waals surface area contributed by atoms with Crippen molar-refractivity contribution < 1.29 is 0 Å². The smallest absolute Gasteiger partial charge is 0.101 e. The van der Waals surface area contributed by atoms with Gasteiger partial charge in [-0.1, -0.05) is 24.3 Å². The van der Waals surface area contributed by atoms with Gasteiger partial charge in [0.05, 0.1) is 17.0 Å². The van der Waals surface area contributed by atoms with Crippen molar-refractivity contribution in [1.29, 1.82) is 5.26 Å². The Morgan fingerprint density at radius 3 is 2.42 bits per heavy atom. The lowest BCUT2D eigenvalue weighted by molar-refractivity contribution is 0.969. The second-order valence-corrected chi connectivity index (χ2v) is 4.63. The molecule has 0 aliphatic carbocycles. The van der Waals surface area contributed by atoms with Gasteiger partial charge in [0, 0.05) is 5.56 Å². The molecule has 19 heavy (non-hydrogen) atoms. The van der Waals surface area contributed by atoms with Crippen molar-refractivity contribution in [2.75, 3.05) is 6.54 Å². The molecule has 96 valence electrons. The first-order valence-corrected chi connectivity index (χ1v) is 6.33. The average molecular weight is 251 g/mol. The van der Waals surface area contributed by atoms with Gasteiger partial charge in [-0.3, -0.25) is 4.98 Å². The quantitative estimate of drug-likeness (QED) is 0.912. The predicted molar refractivity (Wildman–Crippen MR) is 76.6 cm³/mol. The maximum atomic E-state index is 9.05. The number of nitrogens with two attached hydrogens (primary N) is 1. The van der Waals surface area contributed by atoms with Gasteiger partial charge < -0.3 is 5.73 Å². The molecule has 1 aromatic carbocycles. The Bertz CT molecular complexity index is 598. The molecule has 2 aromatic rings. The van der Waals surface area contributed by atoms with Gasteiger partial charge in [0.2, 0.25) is 0 Å². The Morgan fingerprint density at radius 2 is 1.89 bits per heavy atom. The molecule has 2 rings (SSSR count). The van der Waals surface area contributed by atoms with Crippen molar-refractivity contribution in [1.82, 2.24) is 4.98 Å². The number of rotatable bonds is 3. The molecule has 2 N–H and O–H groups in total. The van der Waals surface area contributed by atoms with E-state index < -0.39 is 0 Å². The summed E-state index contributed by atoms with van der Waals surface area (Å²) in [5.41, 5.74) is 11.2. The van der Waals surface area contributed by atoms with E-state index in [-0.39, 0.29) is 0 Å². The van der Waals surface area contributed by atoms with Crippen molar-refractivity contribution in [3.05, 3.63) is 52.7 Å². The molecule has 0 amide bonds. The Morgan fingerprint density at radius 1 is 1.21 bits per heavy atom. The summed E-state index contributed by atoms with van der Waals surface area (Å²) in [5.74, 6) is 0. The van der Waals surface area contributed by atoms with Crippen molar-refractivity contribution in [2.24, 2.45) is 5.73 Å². The zero-order valence-corrected chi connectivity index (χ0v) is 11.3. The highest BCUT2D eigenvalue weighted by Crippen LogP contribution is 2.22. The Balaban J connectivity index is 2.40. The van der Waals surface area contributed by atoms with Crippen molar-refractivity contribution in [2.45, 2.75) is 20.3 Å². The second-order valence-electron chi connectivity index (χ2n) is 4.63. The van der Waals surface area contributed by atoms with E-state index in [0.29, 0.717) is 12.1 Å². The lowest BCUT2D eigenvalue weighted by Crippen LogP contribution is -2.02. The average Bonchev–Trinajstić information content (AvgIpc) is 2.39. The molecule has 0 aliphatic rings. The van der Waals surface area contributed by atoms with E-state index in [9.17, 15) is 0 Å². The monoisotopic (exact) mass is 251 g/mol. The van der Waals surface area contributed by atoms with Gasteiger partial charge >= 0.3 is 0 Å². The number of nitriles is 1. The van der Waals surface area contributed by atoms with Crippen LogP contribution in [-0.2, 0) is 6.42 Å². The molecular weight excluding hydrogens is 234 g/mol. The van der Waals surface area contributed by atoms with E-state index in [1.165, 1.54) is 5.56 Å². The third kappa shape index (κ3) is 2.81. The number of benzene rings is 1. The molecule has 0 aliphatic heterocycles. The van der Waals surface area contributed by atoms with Gasteiger partial charge in [-0.25, -0.2) is 0 Å². The molecule has 0 radical (unpaired) electrons. The summed E-state index contributed by atoms with van der Waals surface area (Å²) in [6.07, 6.45) is 0.888.